The maximum absolute atomic E-state index is 9.45. The van der Waals surface area contributed by atoms with Gasteiger partial charge in [0.05, 0.1) is 6.29 Å². The molecule has 0 unspecified atom stereocenters. The fraction of sp³-hybridized carbons (Fsp3) is 0.500. The minimum absolute atomic E-state index is 0. The van der Waals surface area contributed by atoms with Crippen LogP contribution >= 0.6 is 0 Å². The van der Waals surface area contributed by atoms with E-state index in [0.29, 0.717) is 6.42 Å². The van der Waals surface area contributed by atoms with E-state index in [1.807, 2.05) is 0 Å². The second kappa shape index (κ2) is 10.3. The molecule has 0 aliphatic heterocycles. The van der Waals surface area contributed by atoms with Crippen molar-refractivity contribution < 1.29 is 60.9 Å². The number of carbonyl (C=O) groups excluding carboxylic acids is 1. The van der Waals surface area contributed by atoms with Crippen LogP contribution in [0, 0.1) is 6.61 Å². The fourth-order valence-electron chi connectivity index (χ4n) is 0.136. The Morgan fingerprint density at radius 3 is 2.57 bits per heavy atom. The summed E-state index contributed by atoms with van der Waals surface area (Å²) >= 11 is 0. The number of hydrogen-bond donors (Lipinski definition) is 0. The van der Waals surface area contributed by atoms with E-state index in [-0.39, 0.29) is 51.4 Å². The molecular weight excluding hydrogens is 119 g/mol. The van der Waals surface area contributed by atoms with Gasteiger partial charge in [-0.3, -0.25) is 0 Å². The van der Waals surface area contributed by atoms with Gasteiger partial charge >= 0.3 is 51.4 Å². The third-order valence-corrected chi connectivity index (χ3v) is 0.359. The molecule has 0 fully saturated rings. The maximum atomic E-state index is 9.45. The van der Waals surface area contributed by atoms with Crippen LogP contribution in [-0.4, -0.2) is 13.4 Å². The molecular formula is C4H7KO2. The van der Waals surface area contributed by atoms with Crippen LogP contribution < -0.4 is 51.4 Å². The molecule has 3 heteroatoms. The van der Waals surface area contributed by atoms with Crippen molar-refractivity contribution in [2.75, 3.05) is 7.11 Å². The van der Waals surface area contributed by atoms with Crippen molar-refractivity contribution in [3.63, 3.8) is 0 Å². The second-order valence-corrected chi connectivity index (χ2v) is 0.805. The number of aldehydes is 1. The van der Waals surface area contributed by atoms with Gasteiger partial charge in [-0.2, -0.15) is 0 Å². The molecule has 2 nitrogen and oxygen atoms in total. The van der Waals surface area contributed by atoms with Crippen LogP contribution in [0.3, 0.4) is 0 Å². The largest absolute Gasteiger partial charge is 1.00 e. The molecule has 0 bridgehead atoms. The van der Waals surface area contributed by atoms with E-state index in [9.17, 15) is 4.79 Å². The summed E-state index contributed by atoms with van der Waals surface area (Å²) in [5.74, 6) is 0. The maximum Gasteiger partial charge on any atom is 1.00 e. The van der Waals surface area contributed by atoms with Crippen LogP contribution in [0.4, 0.5) is 0 Å². The predicted octanol–water partition coefficient (Wildman–Crippen LogP) is -2.61. The summed E-state index contributed by atoms with van der Waals surface area (Å²) in [6, 6.07) is 0. The SMILES string of the molecule is CO[CH-]CC=O.[K+]. The molecule has 0 saturated carbocycles. The van der Waals surface area contributed by atoms with E-state index < -0.39 is 0 Å². The summed E-state index contributed by atoms with van der Waals surface area (Å²) < 4.78 is 4.43. The van der Waals surface area contributed by atoms with E-state index in [1.165, 1.54) is 13.7 Å². The molecule has 0 aliphatic rings. The number of hydrogen-bond acceptors (Lipinski definition) is 2. The van der Waals surface area contributed by atoms with Gasteiger partial charge in [0.2, 0.25) is 0 Å². The van der Waals surface area contributed by atoms with Crippen molar-refractivity contribution in [3.8, 4) is 0 Å². The fourth-order valence-corrected chi connectivity index (χ4v) is 0.136. The zero-order valence-electron chi connectivity index (χ0n) is 4.68. The van der Waals surface area contributed by atoms with Gasteiger partial charge in [0.1, 0.15) is 0 Å². The van der Waals surface area contributed by atoms with Crippen molar-refractivity contribution in [3.05, 3.63) is 6.61 Å². The van der Waals surface area contributed by atoms with Crippen molar-refractivity contribution >= 4 is 6.29 Å². The Hall–Kier alpha value is 1.27. The van der Waals surface area contributed by atoms with Crippen LogP contribution in [0.1, 0.15) is 6.42 Å². The molecule has 0 N–H and O–H groups in total. The van der Waals surface area contributed by atoms with Gasteiger partial charge in [-0.25, -0.2) is 6.61 Å². The van der Waals surface area contributed by atoms with Crippen LogP contribution in [0.15, 0.2) is 0 Å². The molecule has 36 valence electrons. The minimum Gasteiger partial charge on any atom is -0.554 e. The first kappa shape index (κ1) is 11.1. The Kier molecular flexibility index (Phi) is 16.3. The summed E-state index contributed by atoms with van der Waals surface area (Å²) in [7, 11) is 1.52. The normalized spacial score (nSPS) is 7.00. The van der Waals surface area contributed by atoms with Gasteiger partial charge in [-0.05, 0) is 7.11 Å². The Morgan fingerprint density at radius 1 is 1.86 bits per heavy atom. The molecule has 0 aliphatic carbocycles. The molecule has 0 aromatic rings. The summed E-state index contributed by atoms with van der Waals surface area (Å²) in [5.41, 5.74) is 0. The first-order valence-electron chi connectivity index (χ1n) is 1.70. The molecule has 0 aromatic heterocycles. The van der Waals surface area contributed by atoms with Gasteiger partial charge in [0, 0.05) is 0 Å². The Labute approximate surface area is 86.0 Å². The minimum atomic E-state index is 0. The summed E-state index contributed by atoms with van der Waals surface area (Å²) in [6.07, 6.45) is 1.17. The molecule has 7 heavy (non-hydrogen) atoms. The smallest absolute Gasteiger partial charge is 0.554 e. The van der Waals surface area contributed by atoms with E-state index in [4.69, 9.17) is 0 Å². The zero-order chi connectivity index (χ0) is 4.83. The number of carbonyl (C=O) groups is 1. The molecule has 0 saturated heterocycles. The summed E-state index contributed by atoms with van der Waals surface area (Å²) in [6.45, 7) is 1.44. The van der Waals surface area contributed by atoms with Crippen molar-refractivity contribution in [2.24, 2.45) is 0 Å². The van der Waals surface area contributed by atoms with Crippen molar-refractivity contribution in [1.82, 2.24) is 0 Å². The van der Waals surface area contributed by atoms with E-state index in [2.05, 4.69) is 4.74 Å². The molecule has 0 amide bonds. The number of ether oxygens (including phenoxy) is 1. The van der Waals surface area contributed by atoms with Crippen LogP contribution in [-0.2, 0) is 9.53 Å². The topological polar surface area (TPSA) is 26.3 Å². The quantitative estimate of drug-likeness (QED) is 0.179. The Balaban J connectivity index is 0. The zero-order valence-corrected chi connectivity index (χ0v) is 7.80. The van der Waals surface area contributed by atoms with Crippen LogP contribution in [0.2, 0.25) is 0 Å². The second-order valence-electron chi connectivity index (χ2n) is 0.805. The van der Waals surface area contributed by atoms with Gasteiger partial charge in [0.25, 0.3) is 0 Å². The standard InChI is InChI=1S/C4H7O2.K/c1-6-4-2-3-5;/h3-4H,2H2,1H3;/q-1;+1. The van der Waals surface area contributed by atoms with Gasteiger partial charge in [0.15, 0.2) is 0 Å². The molecule has 0 heterocycles. The Bertz CT molecular complexity index is 38.7. The average molecular weight is 126 g/mol. The van der Waals surface area contributed by atoms with Gasteiger partial charge in [-0.1, -0.05) is 0 Å². The van der Waals surface area contributed by atoms with E-state index >= 15 is 0 Å². The molecule has 0 rings (SSSR count). The molecule has 0 aromatic carbocycles. The number of rotatable bonds is 3. The third kappa shape index (κ3) is 11.1. The summed E-state index contributed by atoms with van der Waals surface area (Å²) in [5, 5.41) is 0. The van der Waals surface area contributed by atoms with Gasteiger partial charge < -0.3 is 9.53 Å². The predicted molar refractivity (Wildman–Crippen MR) is 22.0 cm³/mol. The van der Waals surface area contributed by atoms with Crippen molar-refractivity contribution in [1.29, 1.82) is 0 Å². The first-order chi connectivity index (χ1) is 2.91. The molecule has 0 spiro atoms. The summed E-state index contributed by atoms with van der Waals surface area (Å²) in [4.78, 5) is 9.45. The monoisotopic (exact) mass is 126 g/mol. The van der Waals surface area contributed by atoms with Crippen LogP contribution in [0.25, 0.3) is 0 Å². The van der Waals surface area contributed by atoms with Crippen LogP contribution in [0.5, 0.6) is 0 Å². The average Bonchev–Trinajstić information content (AvgIpc) is 1.61. The molecule has 0 radical (unpaired) electrons. The van der Waals surface area contributed by atoms with Crippen molar-refractivity contribution in [2.45, 2.75) is 6.42 Å². The van der Waals surface area contributed by atoms with Gasteiger partial charge in [-0.15, -0.1) is 6.42 Å². The van der Waals surface area contributed by atoms with E-state index in [1.54, 1.807) is 0 Å². The number of methoxy groups -OCH3 is 1. The molecule has 0 atom stereocenters. The Morgan fingerprint density at radius 2 is 2.43 bits per heavy atom. The first-order valence-corrected chi connectivity index (χ1v) is 1.70. The third-order valence-electron chi connectivity index (χ3n) is 0.359. The van der Waals surface area contributed by atoms with E-state index in [0.717, 1.165) is 6.29 Å².